The number of nitrogens with zero attached hydrogens (tertiary/aromatic N) is 1. The monoisotopic (exact) mass is 444 g/mol. The molecule has 2 heterocycles. The van der Waals surface area contributed by atoms with Crippen LogP contribution in [0.25, 0.3) is 11.3 Å². The van der Waals surface area contributed by atoms with Crippen molar-refractivity contribution < 1.29 is 31.9 Å². The molecule has 4 rings (SSSR count). The fourth-order valence-corrected chi connectivity index (χ4v) is 3.86. The Morgan fingerprint density at radius 3 is 2.61 bits per heavy atom. The highest BCUT2D eigenvalue weighted by Gasteiger charge is 2.20. The molecule has 0 amide bonds. The second-order valence-corrected chi connectivity index (χ2v) is 8.46. The van der Waals surface area contributed by atoms with E-state index >= 15 is 0 Å². The lowest BCUT2D eigenvalue weighted by Gasteiger charge is -2.10. The van der Waals surface area contributed by atoms with Gasteiger partial charge in [-0.1, -0.05) is 35.5 Å². The van der Waals surface area contributed by atoms with Gasteiger partial charge in [-0.25, -0.2) is 8.42 Å². The highest BCUT2D eigenvalue weighted by molar-refractivity contribution is 7.89. The molecular formula is C21H20N2O7S. The van der Waals surface area contributed by atoms with Crippen molar-refractivity contribution in [3.05, 3.63) is 60.3 Å². The predicted molar refractivity (Wildman–Crippen MR) is 109 cm³/mol. The van der Waals surface area contributed by atoms with E-state index < -0.39 is 22.5 Å². The van der Waals surface area contributed by atoms with Crippen LogP contribution in [0, 0.1) is 0 Å². The second kappa shape index (κ2) is 9.19. The van der Waals surface area contributed by atoms with Crippen LogP contribution in [0.5, 0.6) is 11.5 Å². The lowest BCUT2D eigenvalue weighted by molar-refractivity contribution is -0.143. The van der Waals surface area contributed by atoms with Crippen LogP contribution in [-0.2, 0) is 26.2 Å². The minimum Gasteiger partial charge on any atom is -0.490 e. The van der Waals surface area contributed by atoms with E-state index in [2.05, 4.69) is 9.88 Å². The van der Waals surface area contributed by atoms with Crippen LogP contribution in [0.4, 0.5) is 0 Å². The SMILES string of the molecule is O=C(CNS(=O)(=O)c1ccc2c(c1)OCCCO2)OCc1cc(-c2ccccc2)on1. The highest BCUT2D eigenvalue weighted by atomic mass is 32.2. The quantitative estimate of drug-likeness (QED) is 0.553. The number of carbonyl (C=O) groups is 1. The zero-order valence-electron chi connectivity index (χ0n) is 16.4. The lowest BCUT2D eigenvalue weighted by atomic mass is 10.2. The van der Waals surface area contributed by atoms with Gasteiger partial charge in [-0.2, -0.15) is 4.72 Å². The molecule has 0 aliphatic carbocycles. The lowest BCUT2D eigenvalue weighted by Crippen LogP contribution is -2.30. The molecule has 0 unspecified atom stereocenters. The summed E-state index contributed by atoms with van der Waals surface area (Å²) < 4.78 is 48.5. The van der Waals surface area contributed by atoms with Gasteiger partial charge < -0.3 is 18.7 Å². The molecule has 0 atom stereocenters. The molecule has 9 nitrogen and oxygen atoms in total. The molecule has 0 bridgehead atoms. The summed E-state index contributed by atoms with van der Waals surface area (Å²) in [5, 5.41) is 3.85. The van der Waals surface area contributed by atoms with Crippen molar-refractivity contribution in [3.63, 3.8) is 0 Å². The molecule has 0 saturated heterocycles. The largest absolute Gasteiger partial charge is 0.490 e. The topological polar surface area (TPSA) is 117 Å². The van der Waals surface area contributed by atoms with E-state index in [9.17, 15) is 13.2 Å². The van der Waals surface area contributed by atoms with Gasteiger partial charge >= 0.3 is 5.97 Å². The van der Waals surface area contributed by atoms with Crippen molar-refractivity contribution in [1.29, 1.82) is 0 Å². The van der Waals surface area contributed by atoms with Crippen molar-refractivity contribution in [2.75, 3.05) is 19.8 Å². The molecular weight excluding hydrogens is 424 g/mol. The van der Waals surface area contributed by atoms with Crippen LogP contribution in [-0.4, -0.2) is 39.3 Å². The number of fused-ring (bicyclic) bond motifs is 1. The van der Waals surface area contributed by atoms with Crippen LogP contribution in [0.1, 0.15) is 12.1 Å². The number of carbonyl (C=O) groups excluding carboxylic acids is 1. The molecule has 31 heavy (non-hydrogen) atoms. The van der Waals surface area contributed by atoms with Crippen LogP contribution >= 0.6 is 0 Å². The van der Waals surface area contributed by atoms with E-state index in [1.165, 1.54) is 18.2 Å². The zero-order chi connectivity index (χ0) is 21.7. The van der Waals surface area contributed by atoms with E-state index in [1.807, 2.05) is 30.3 Å². The van der Waals surface area contributed by atoms with E-state index in [1.54, 1.807) is 6.07 Å². The highest BCUT2D eigenvalue weighted by Crippen LogP contribution is 2.31. The van der Waals surface area contributed by atoms with Crippen molar-refractivity contribution in [3.8, 4) is 22.8 Å². The van der Waals surface area contributed by atoms with E-state index in [-0.39, 0.29) is 11.5 Å². The molecule has 10 heteroatoms. The number of benzene rings is 2. The predicted octanol–water partition coefficient (Wildman–Crippen LogP) is 2.52. The number of aromatic nitrogens is 1. The maximum absolute atomic E-state index is 12.5. The third-order valence-corrected chi connectivity index (χ3v) is 5.83. The Morgan fingerprint density at radius 2 is 1.81 bits per heavy atom. The Bertz CT molecular complexity index is 1160. The standard InChI is InChI=1S/C21H20N2O7S/c24-21(29-14-16-11-19(30-23-16)15-5-2-1-3-6-15)13-22-31(25,26)17-7-8-18-20(12-17)28-10-4-9-27-18/h1-3,5-8,11-12,22H,4,9-10,13-14H2. The molecule has 1 aromatic heterocycles. The van der Waals surface area contributed by atoms with Crippen LogP contribution in [0.2, 0.25) is 0 Å². The third kappa shape index (κ3) is 5.22. The Labute approximate surface area is 179 Å². The summed E-state index contributed by atoms with van der Waals surface area (Å²) in [7, 11) is -3.94. The summed E-state index contributed by atoms with van der Waals surface area (Å²) in [5.74, 6) is 0.630. The minimum atomic E-state index is -3.94. The summed E-state index contributed by atoms with van der Waals surface area (Å²) in [6.45, 7) is 0.271. The Hall–Kier alpha value is -3.37. The third-order valence-electron chi connectivity index (χ3n) is 4.43. The van der Waals surface area contributed by atoms with Crippen molar-refractivity contribution in [2.45, 2.75) is 17.9 Å². The fourth-order valence-electron chi connectivity index (χ4n) is 2.87. The van der Waals surface area contributed by atoms with Gasteiger partial charge in [0, 0.05) is 24.1 Å². The average Bonchev–Trinajstić information content (AvgIpc) is 3.14. The number of nitrogens with one attached hydrogen (secondary N) is 1. The van der Waals surface area contributed by atoms with Crippen LogP contribution < -0.4 is 14.2 Å². The summed E-state index contributed by atoms with van der Waals surface area (Å²) in [5.41, 5.74) is 1.26. The average molecular weight is 444 g/mol. The van der Waals surface area contributed by atoms with Gasteiger partial charge in [-0.05, 0) is 12.1 Å². The summed E-state index contributed by atoms with van der Waals surface area (Å²) in [6.07, 6.45) is 0.708. The van der Waals surface area contributed by atoms with Crippen LogP contribution in [0.15, 0.2) is 64.0 Å². The van der Waals surface area contributed by atoms with Gasteiger partial charge in [0.2, 0.25) is 10.0 Å². The van der Waals surface area contributed by atoms with E-state index in [0.717, 1.165) is 5.56 Å². The molecule has 1 aliphatic heterocycles. The maximum atomic E-state index is 12.5. The van der Waals surface area contributed by atoms with E-state index in [4.69, 9.17) is 18.7 Å². The Balaban J connectivity index is 1.31. The second-order valence-electron chi connectivity index (χ2n) is 6.69. The van der Waals surface area contributed by atoms with Gasteiger partial charge in [0.15, 0.2) is 17.3 Å². The van der Waals surface area contributed by atoms with Gasteiger partial charge in [-0.3, -0.25) is 4.79 Å². The molecule has 0 saturated carbocycles. The minimum absolute atomic E-state index is 0.0337. The number of hydrogen-bond acceptors (Lipinski definition) is 8. The Morgan fingerprint density at radius 1 is 1.03 bits per heavy atom. The summed E-state index contributed by atoms with van der Waals surface area (Å²) in [4.78, 5) is 12.0. The van der Waals surface area contributed by atoms with Gasteiger partial charge in [0.25, 0.3) is 0 Å². The number of hydrogen-bond donors (Lipinski definition) is 1. The van der Waals surface area contributed by atoms with E-state index in [0.29, 0.717) is 42.6 Å². The first-order chi connectivity index (χ1) is 15.0. The zero-order valence-corrected chi connectivity index (χ0v) is 17.3. The first-order valence-electron chi connectivity index (χ1n) is 9.57. The molecule has 0 spiro atoms. The fraction of sp³-hybridized carbons (Fsp3) is 0.238. The number of ether oxygens (including phenoxy) is 3. The molecule has 0 radical (unpaired) electrons. The first kappa shape index (κ1) is 20.9. The molecule has 2 aromatic carbocycles. The summed E-state index contributed by atoms with van der Waals surface area (Å²) >= 11 is 0. The van der Waals surface area contributed by atoms with Gasteiger partial charge in [-0.15, -0.1) is 0 Å². The van der Waals surface area contributed by atoms with Gasteiger partial charge in [0.05, 0.1) is 18.1 Å². The molecule has 162 valence electrons. The summed E-state index contributed by atoms with van der Waals surface area (Å²) in [6, 6.07) is 15.3. The number of sulfonamides is 1. The molecule has 0 fully saturated rings. The molecule has 1 aliphatic rings. The van der Waals surface area contributed by atoms with Gasteiger partial charge in [0.1, 0.15) is 18.8 Å². The van der Waals surface area contributed by atoms with Crippen LogP contribution in [0.3, 0.4) is 0 Å². The Kier molecular flexibility index (Phi) is 6.19. The first-order valence-corrected chi connectivity index (χ1v) is 11.1. The normalized spacial score (nSPS) is 13.4. The molecule has 3 aromatic rings. The number of esters is 1. The maximum Gasteiger partial charge on any atom is 0.321 e. The van der Waals surface area contributed by atoms with Crippen molar-refractivity contribution in [1.82, 2.24) is 9.88 Å². The number of rotatable bonds is 7. The van der Waals surface area contributed by atoms with Crippen molar-refractivity contribution in [2.24, 2.45) is 0 Å². The smallest absolute Gasteiger partial charge is 0.321 e. The molecule has 1 N–H and O–H groups in total. The van der Waals surface area contributed by atoms with Crippen molar-refractivity contribution >= 4 is 16.0 Å².